The van der Waals surface area contributed by atoms with Gasteiger partial charge in [-0.15, -0.1) is 5.06 Å². The Balaban J connectivity index is 4.13. The number of hydrogen-bond donors (Lipinski definition) is 2. The standard InChI is InChI=1S/C7H15NO3S/c1-7(2,3)8(4-5-12)11-6(9)10/h12H,4-5H2,1-3H3,(H,9,10). The molecule has 0 aliphatic heterocycles. The first-order valence-corrected chi connectivity index (χ1v) is 4.30. The summed E-state index contributed by atoms with van der Waals surface area (Å²) in [6.45, 7) is 6.11. The topological polar surface area (TPSA) is 49.8 Å². The Morgan fingerprint density at radius 2 is 2.08 bits per heavy atom. The fourth-order valence-corrected chi connectivity index (χ4v) is 0.885. The molecular weight excluding hydrogens is 178 g/mol. The summed E-state index contributed by atoms with van der Waals surface area (Å²) in [5.41, 5.74) is -0.318. The second-order valence-electron chi connectivity index (χ2n) is 3.35. The highest BCUT2D eigenvalue weighted by atomic mass is 32.1. The summed E-state index contributed by atoms with van der Waals surface area (Å²) >= 11 is 4.00. The molecule has 0 aromatic rings. The minimum Gasteiger partial charge on any atom is -0.448 e. The Morgan fingerprint density at radius 3 is 2.33 bits per heavy atom. The largest absolute Gasteiger partial charge is 0.525 e. The van der Waals surface area contributed by atoms with Gasteiger partial charge in [-0.25, -0.2) is 4.79 Å². The molecular formula is C7H15NO3S. The Hall–Kier alpha value is -0.420. The van der Waals surface area contributed by atoms with E-state index >= 15 is 0 Å². The maximum atomic E-state index is 10.2. The van der Waals surface area contributed by atoms with E-state index in [2.05, 4.69) is 17.5 Å². The first kappa shape index (κ1) is 11.6. The highest BCUT2D eigenvalue weighted by Crippen LogP contribution is 2.13. The van der Waals surface area contributed by atoms with Gasteiger partial charge in [0.2, 0.25) is 0 Å². The van der Waals surface area contributed by atoms with E-state index in [1.165, 1.54) is 5.06 Å². The van der Waals surface area contributed by atoms with E-state index in [-0.39, 0.29) is 5.54 Å². The van der Waals surface area contributed by atoms with Crippen LogP contribution >= 0.6 is 12.6 Å². The molecule has 0 aromatic heterocycles. The maximum Gasteiger partial charge on any atom is 0.525 e. The van der Waals surface area contributed by atoms with E-state index in [1.54, 1.807) is 0 Å². The van der Waals surface area contributed by atoms with Crippen molar-refractivity contribution in [2.75, 3.05) is 12.3 Å². The summed E-state index contributed by atoms with van der Waals surface area (Å²) in [5.74, 6) is 0.560. The van der Waals surface area contributed by atoms with Crippen molar-refractivity contribution in [3.8, 4) is 0 Å². The predicted octanol–water partition coefficient (Wildman–Crippen LogP) is 1.63. The van der Waals surface area contributed by atoms with Gasteiger partial charge in [-0.3, -0.25) is 0 Å². The predicted molar refractivity (Wildman–Crippen MR) is 49.4 cm³/mol. The van der Waals surface area contributed by atoms with Crippen LogP contribution in [0.3, 0.4) is 0 Å². The highest BCUT2D eigenvalue weighted by Gasteiger charge is 2.24. The molecule has 72 valence electrons. The highest BCUT2D eigenvalue weighted by molar-refractivity contribution is 7.80. The SMILES string of the molecule is CC(C)(C)N(CCS)OC(=O)O. The lowest BCUT2D eigenvalue weighted by atomic mass is 10.1. The molecule has 0 aliphatic carbocycles. The molecule has 0 spiro atoms. The van der Waals surface area contributed by atoms with Gasteiger partial charge in [0.1, 0.15) is 0 Å². The molecule has 0 radical (unpaired) electrons. The van der Waals surface area contributed by atoms with Crippen molar-refractivity contribution in [2.45, 2.75) is 26.3 Å². The van der Waals surface area contributed by atoms with E-state index in [4.69, 9.17) is 5.11 Å². The zero-order valence-electron chi connectivity index (χ0n) is 7.57. The zero-order chi connectivity index (χ0) is 9.78. The molecule has 0 rings (SSSR count). The summed E-state index contributed by atoms with van der Waals surface area (Å²) in [6, 6.07) is 0. The molecule has 0 bridgehead atoms. The molecule has 5 heteroatoms. The smallest absolute Gasteiger partial charge is 0.448 e. The van der Waals surface area contributed by atoms with Crippen LogP contribution in [-0.4, -0.2) is 34.2 Å². The van der Waals surface area contributed by atoms with Gasteiger partial charge < -0.3 is 9.94 Å². The fourth-order valence-electron chi connectivity index (χ4n) is 0.703. The first-order valence-electron chi connectivity index (χ1n) is 3.67. The van der Waals surface area contributed by atoms with Gasteiger partial charge in [0, 0.05) is 17.8 Å². The van der Waals surface area contributed by atoms with Crippen molar-refractivity contribution in [2.24, 2.45) is 0 Å². The lowest BCUT2D eigenvalue weighted by molar-refractivity contribution is -0.168. The van der Waals surface area contributed by atoms with E-state index in [0.29, 0.717) is 12.3 Å². The number of thiol groups is 1. The Bertz CT molecular complexity index is 155. The number of hydrogen-bond acceptors (Lipinski definition) is 4. The minimum atomic E-state index is -1.29. The third-order valence-corrected chi connectivity index (χ3v) is 1.44. The Labute approximate surface area is 77.9 Å². The van der Waals surface area contributed by atoms with Crippen LogP contribution < -0.4 is 0 Å². The number of carboxylic acid groups (broad SMARTS) is 1. The van der Waals surface area contributed by atoms with Crippen LogP contribution in [0.2, 0.25) is 0 Å². The third kappa shape index (κ3) is 4.46. The van der Waals surface area contributed by atoms with Crippen LogP contribution in [0.4, 0.5) is 4.79 Å². The van der Waals surface area contributed by atoms with E-state index in [0.717, 1.165) is 0 Å². The zero-order valence-corrected chi connectivity index (χ0v) is 8.47. The second-order valence-corrected chi connectivity index (χ2v) is 3.80. The van der Waals surface area contributed by atoms with E-state index in [1.807, 2.05) is 20.8 Å². The minimum absolute atomic E-state index is 0.318. The maximum absolute atomic E-state index is 10.2. The normalized spacial score (nSPS) is 11.8. The molecule has 0 unspecified atom stereocenters. The molecule has 0 aromatic carbocycles. The first-order chi connectivity index (χ1) is 5.38. The summed E-state index contributed by atoms with van der Waals surface area (Å²) < 4.78 is 0. The number of rotatable bonds is 3. The molecule has 12 heavy (non-hydrogen) atoms. The van der Waals surface area contributed by atoms with Gasteiger partial charge in [-0.05, 0) is 20.8 Å². The van der Waals surface area contributed by atoms with Crippen LogP contribution in [0, 0.1) is 0 Å². The summed E-state index contributed by atoms with van der Waals surface area (Å²) in [5, 5.41) is 9.78. The Morgan fingerprint density at radius 1 is 1.58 bits per heavy atom. The summed E-state index contributed by atoms with van der Waals surface area (Å²) in [7, 11) is 0. The lowest BCUT2D eigenvalue weighted by Gasteiger charge is -2.31. The van der Waals surface area contributed by atoms with Gasteiger partial charge >= 0.3 is 6.16 Å². The molecule has 1 N–H and O–H groups in total. The van der Waals surface area contributed by atoms with Crippen molar-refractivity contribution in [3.63, 3.8) is 0 Å². The lowest BCUT2D eigenvalue weighted by Crippen LogP contribution is -2.43. The number of carbonyl (C=O) groups is 1. The van der Waals surface area contributed by atoms with Gasteiger partial charge in [0.25, 0.3) is 0 Å². The van der Waals surface area contributed by atoms with Crippen LogP contribution in [0.5, 0.6) is 0 Å². The van der Waals surface area contributed by atoms with Crippen molar-refractivity contribution in [3.05, 3.63) is 0 Å². The van der Waals surface area contributed by atoms with Crippen LogP contribution in [0.15, 0.2) is 0 Å². The van der Waals surface area contributed by atoms with Gasteiger partial charge in [-0.1, -0.05) is 0 Å². The molecule has 0 fully saturated rings. The molecule has 0 saturated heterocycles. The van der Waals surface area contributed by atoms with Crippen molar-refractivity contribution < 1.29 is 14.7 Å². The van der Waals surface area contributed by atoms with Gasteiger partial charge in [0.05, 0.1) is 0 Å². The summed E-state index contributed by atoms with van der Waals surface area (Å²) in [4.78, 5) is 14.8. The second kappa shape index (κ2) is 4.57. The molecule has 0 aliphatic rings. The Kier molecular flexibility index (Phi) is 4.41. The molecule has 4 nitrogen and oxygen atoms in total. The van der Waals surface area contributed by atoms with Crippen LogP contribution in [0.25, 0.3) is 0 Å². The van der Waals surface area contributed by atoms with E-state index < -0.39 is 6.16 Å². The van der Waals surface area contributed by atoms with E-state index in [9.17, 15) is 4.79 Å². The van der Waals surface area contributed by atoms with Gasteiger partial charge in [0.15, 0.2) is 0 Å². The van der Waals surface area contributed by atoms with Crippen molar-refractivity contribution in [1.29, 1.82) is 0 Å². The molecule has 0 amide bonds. The number of hydroxylamine groups is 2. The molecule has 0 heterocycles. The van der Waals surface area contributed by atoms with Crippen LogP contribution in [0.1, 0.15) is 20.8 Å². The average Bonchev–Trinajstić information content (AvgIpc) is 1.83. The van der Waals surface area contributed by atoms with Gasteiger partial charge in [-0.2, -0.15) is 12.6 Å². The molecule has 0 atom stereocenters. The third-order valence-electron chi connectivity index (χ3n) is 1.24. The van der Waals surface area contributed by atoms with Crippen molar-refractivity contribution in [1.82, 2.24) is 5.06 Å². The quantitative estimate of drug-likeness (QED) is 0.528. The monoisotopic (exact) mass is 193 g/mol. The fraction of sp³-hybridized carbons (Fsp3) is 0.857. The van der Waals surface area contributed by atoms with Crippen LogP contribution in [-0.2, 0) is 4.84 Å². The molecule has 0 saturated carbocycles. The summed E-state index contributed by atoms with van der Waals surface area (Å²) in [6.07, 6.45) is -1.29. The van der Waals surface area contributed by atoms with Crippen molar-refractivity contribution >= 4 is 18.8 Å². The number of nitrogens with zero attached hydrogens (tertiary/aromatic N) is 1. The average molecular weight is 193 g/mol.